The molecule has 0 heterocycles. The monoisotopic (exact) mass is 316 g/mol. The summed E-state index contributed by atoms with van der Waals surface area (Å²) in [5, 5.41) is 37.3. The van der Waals surface area contributed by atoms with Gasteiger partial charge in [-0.05, 0) is 34.2 Å². The van der Waals surface area contributed by atoms with Crippen molar-refractivity contribution in [2.24, 2.45) is 0 Å². The lowest BCUT2D eigenvalue weighted by atomic mass is 9.77. The highest BCUT2D eigenvalue weighted by Crippen LogP contribution is 2.25. The first-order valence-electron chi connectivity index (χ1n) is 7.02. The smallest absolute Gasteiger partial charge is 0.488 e. The highest BCUT2D eigenvalue weighted by Gasteiger charge is 2.17. The van der Waals surface area contributed by atoms with Crippen LogP contribution in [0.3, 0.4) is 0 Å². The molecule has 0 unspecified atom stereocenters. The van der Waals surface area contributed by atoms with E-state index in [2.05, 4.69) is 0 Å². The molecule has 0 aliphatic rings. The van der Waals surface area contributed by atoms with E-state index in [1.807, 2.05) is 0 Å². The Bertz CT molecular complexity index is 618. The van der Waals surface area contributed by atoms with Gasteiger partial charge in [0.2, 0.25) is 0 Å². The summed E-state index contributed by atoms with van der Waals surface area (Å²) >= 11 is 0. The Morgan fingerprint density at radius 3 is 1.43 bits per heavy atom. The molecule has 0 aromatic heterocycles. The van der Waals surface area contributed by atoms with Gasteiger partial charge in [0.1, 0.15) is 11.5 Å². The van der Waals surface area contributed by atoms with Crippen molar-refractivity contribution in [3.05, 3.63) is 47.5 Å². The number of ether oxygens (including phenoxy) is 2. The van der Waals surface area contributed by atoms with Crippen LogP contribution >= 0.6 is 0 Å². The van der Waals surface area contributed by atoms with Crippen molar-refractivity contribution < 1.29 is 29.6 Å². The fourth-order valence-electron chi connectivity index (χ4n) is 2.40. The van der Waals surface area contributed by atoms with Crippen LogP contribution in [0, 0.1) is 0 Å². The summed E-state index contributed by atoms with van der Waals surface area (Å²) < 4.78 is 10.6. The topological polar surface area (TPSA) is 99.4 Å². The van der Waals surface area contributed by atoms with E-state index < -0.39 is 14.2 Å². The summed E-state index contributed by atoms with van der Waals surface area (Å²) in [4.78, 5) is 0. The Morgan fingerprint density at radius 2 is 1.13 bits per heavy atom. The minimum atomic E-state index is -1.58. The number of hydrogen-bond acceptors (Lipinski definition) is 6. The molecule has 4 N–H and O–H groups in total. The van der Waals surface area contributed by atoms with E-state index in [0.29, 0.717) is 28.8 Å². The molecular formula is C15H18B2O6. The van der Waals surface area contributed by atoms with E-state index in [-0.39, 0.29) is 0 Å². The number of methoxy groups -OCH3 is 2. The normalized spacial score (nSPS) is 10.3. The molecule has 0 aliphatic heterocycles. The van der Waals surface area contributed by atoms with Gasteiger partial charge in [0.05, 0.1) is 14.2 Å². The maximum absolute atomic E-state index is 9.32. The average Bonchev–Trinajstić information content (AvgIpc) is 2.54. The Kier molecular flexibility index (Phi) is 5.68. The van der Waals surface area contributed by atoms with Crippen LogP contribution < -0.4 is 20.4 Å². The molecule has 0 bridgehead atoms. The van der Waals surface area contributed by atoms with E-state index in [4.69, 9.17) is 9.47 Å². The fourth-order valence-corrected chi connectivity index (χ4v) is 2.40. The molecule has 0 amide bonds. The van der Waals surface area contributed by atoms with Crippen molar-refractivity contribution in [3.8, 4) is 11.5 Å². The molecule has 2 rings (SSSR count). The van der Waals surface area contributed by atoms with Gasteiger partial charge in [-0.15, -0.1) is 0 Å². The van der Waals surface area contributed by atoms with Gasteiger partial charge in [-0.25, -0.2) is 0 Å². The van der Waals surface area contributed by atoms with E-state index >= 15 is 0 Å². The summed E-state index contributed by atoms with van der Waals surface area (Å²) in [6.07, 6.45) is 0.369. The van der Waals surface area contributed by atoms with Crippen LogP contribution in [-0.4, -0.2) is 48.6 Å². The molecule has 0 saturated carbocycles. The van der Waals surface area contributed by atoms with E-state index in [1.165, 1.54) is 14.2 Å². The minimum absolute atomic E-state index is 0.345. The average molecular weight is 316 g/mol. The molecule has 0 spiro atoms. The first-order chi connectivity index (χ1) is 11.0. The quantitative estimate of drug-likeness (QED) is 0.492. The van der Waals surface area contributed by atoms with E-state index in [9.17, 15) is 20.1 Å². The third-order valence-corrected chi connectivity index (χ3v) is 3.59. The maximum atomic E-state index is 9.32. The van der Waals surface area contributed by atoms with Gasteiger partial charge in [0, 0.05) is 6.42 Å². The standard InChI is InChI=1S/C15H18B2O6/c1-22-14-5-3-12(16(18)19)8-10(14)7-11-9-13(17(20)21)4-6-15(11)23-2/h3-6,8-9,18-21H,7H2,1-2H3. The van der Waals surface area contributed by atoms with Crippen LogP contribution in [0.5, 0.6) is 11.5 Å². The summed E-state index contributed by atoms with van der Waals surface area (Å²) in [7, 11) is -0.0998. The van der Waals surface area contributed by atoms with E-state index in [0.717, 1.165) is 11.1 Å². The van der Waals surface area contributed by atoms with Gasteiger partial charge in [-0.1, -0.05) is 24.3 Å². The Balaban J connectivity index is 2.44. The van der Waals surface area contributed by atoms with Crippen molar-refractivity contribution in [1.29, 1.82) is 0 Å². The van der Waals surface area contributed by atoms with Crippen molar-refractivity contribution in [3.63, 3.8) is 0 Å². The van der Waals surface area contributed by atoms with Gasteiger partial charge >= 0.3 is 14.2 Å². The fraction of sp³-hybridized carbons (Fsp3) is 0.200. The second-order valence-electron chi connectivity index (χ2n) is 5.07. The second kappa shape index (κ2) is 7.52. The lowest BCUT2D eigenvalue weighted by Crippen LogP contribution is -2.30. The SMILES string of the molecule is COc1ccc(B(O)O)cc1Cc1cc(B(O)O)ccc1OC. The lowest BCUT2D eigenvalue weighted by molar-refractivity contribution is 0.405. The largest absolute Gasteiger partial charge is 0.496 e. The van der Waals surface area contributed by atoms with E-state index in [1.54, 1.807) is 36.4 Å². The second-order valence-corrected chi connectivity index (χ2v) is 5.07. The maximum Gasteiger partial charge on any atom is 0.488 e. The Labute approximate surface area is 135 Å². The van der Waals surface area contributed by atoms with Crippen LogP contribution in [0.4, 0.5) is 0 Å². The van der Waals surface area contributed by atoms with Crippen molar-refractivity contribution >= 4 is 25.2 Å². The number of benzene rings is 2. The molecule has 0 fully saturated rings. The summed E-state index contributed by atoms with van der Waals surface area (Å²) in [5.74, 6) is 1.18. The third-order valence-electron chi connectivity index (χ3n) is 3.59. The molecular weight excluding hydrogens is 298 g/mol. The van der Waals surface area contributed by atoms with Gasteiger partial charge in [0.15, 0.2) is 0 Å². The Hall–Kier alpha value is -1.99. The van der Waals surface area contributed by atoms with Crippen LogP contribution in [0.25, 0.3) is 0 Å². The van der Waals surface area contributed by atoms with Gasteiger partial charge in [0.25, 0.3) is 0 Å². The molecule has 0 radical (unpaired) electrons. The van der Waals surface area contributed by atoms with Crippen LogP contribution in [-0.2, 0) is 6.42 Å². The molecule has 0 atom stereocenters. The van der Waals surface area contributed by atoms with Gasteiger partial charge in [-0.3, -0.25) is 0 Å². The summed E-state index contributed by atoms with van der Waals surface area (Å²) in [5.41, 5.74) is 2.14. The molecule has 2 aromatic carbocycles. The zero-order chi connectivity index (χ0) is 17.0. The van der Waals surface area contributed by atoms with Crippen LogP contribution in [0.1, 0.15) is 11.1 Å². The van der Waals surface area contributed by atoms with Gasteiger partial charge < -0.3 is 29.6 Å². The first kappa shape index (κ1) is 17.4. The third kappa shape index (κ3) is 4.05. The van der Waals surface area contributed by atoms with Crippen LogP contribution in [0.15, 0.2) is 36.4 Å². The van der Waals surface area contributed by atoms with Crippen molar-refractivity contribution in [1.82, 2.24) is 0 Å². The zero-order valence-electron chi connectivity index (χ0n) is 12.9. The number of rotatable bonds is 6. The molecule has 120 valence electrons. The molecule has 23 heavy (non-hydrogen) atoms. The molecule has 8 heteroatoms. The minimum Gasteiger partial charge on any atom is -0.496 e. The summed E-state index contributed by atoms with van der Waals surface area (Å²) in [6, 6.07) is 9.70. The molecule has 0 saturated heterocycles. The zero-order valence-corrected chi connectivity index (χ0v) is 12.9. The Morgan fingerprint density at radius 1 is 0.739 bits per heavy atom. The van der Waals surface area contributed by atoms with Crippen LogP contribution in [0.2, 0.25) is 0 Å². The van der Waals surface area contributed by atoms with Crippen molar-refractivity contribution in [2.45, 2.75) is 6.42 Å². The molecule has 2 aromatic rings. The van der Waals surface area contributed by atoms with Crippen molar-refractivity contribution in [2.75, 3.05) is 14.2 Å². The van der Waals surface area contributed by atoms with Gasteiger partial charge in [-0.2, -0.15) is 0 Å². The predicted molar refractivity (Wildman–Crippen MR) is 88.4 cm³/mol. The summed E-state index contributed by atoms with van der Waals surface area (Å²) in [6.45, 7) is 0. The molecule has 6 nitrogen and oxygen atoms in total. The lowest BCUT2D eigenvalue weighted by Gasteiger charge is -2.14. The highest BCUT2D eigenvalue weighted by molar-refractivity contribution is 6.59. The highest BCUT2D eigenvalue weighted by atomic mass is 16.5. The molecule has 0 aliphatic carbocycles. The first-order valence-corrected chi connectivity index (χ1v) is 7.02. The number of hydrogen-bond donors (Lipinski definition) is 4. The predicted octanol–water partition coefficient (Wildman–Crippen LogP) is -1.35.